The van der Waals surface area contributed by atoms with Gasteiger partial charge in [-0.1, -0.05) is 23.7 Å². The zero-order valence-corrected chi connectivity index (χ0v) is 17.4. The molecule has 3 aromatic carbocycles. The van der Waals surface area contributed by atoms with Gasteiger partial charge in [0.1, 0.15) is 23.2 Å². The molecule has 0 aromatic heterocycles. The lowest BCUT2D eigenvalue weighted by Gasteiger charge is -2.08. The number of rotatable bonds is 7. The van der Waals surface area contributed by atoms with E-state index in [1.165, 1.54) is 30.3 Å². The van der Waals surface area contributed by atoms with Crippen LogP contribution in [0.4, 0.5) is 15.8 Å². The molecule has 2 amide bonds. The van der Waals surface area contributed by atoms with Crippen molar-refractivity contribution in [2.45, 2.75) is 0 Å². The molecule has 0 aliphatic rings. The molecule has 160 valence electrons. The van der Waals surface area contributed by atoms with Gasteiger partial charge >= 0.3 is 0 Å². The van der Waals surface area contributed by atoms with Gasteiger partial charge in [-0.25, -0.2) is 4.39 Å². The van der Waals surface area contributed by atoms with E-state index in [9.17, 15) is 19.2 Å². The van der Waals surface area contributed by atoms with Crippen LogP contribution in [-0.2, 0) is 9.59 Å². The third kappa shape index (κ3) is 6.69. The summed E-state index contributed by atoms with van der Waals surface area (Å²) in [7, 11) is 0. The van der Waals surface area contributed by atoms with Crippen molar-refractivity contribution in [3.8, 4) is 11.8 Å². The third-order valence-corrected chi connectivity index (χ3v) is 4.41. The number of carbonyl (C=O) groups excluding carboxylic acids is 2. The number of carbonyl (C=O) groups is 2. The number of hydrogen-bond acceptors (Lipinski definition) is 4. The van der Waals surface area contributed by atoms with Gasteiger partial charge in [0.15, 0.2) is 6.61 Å². The van der Waals surface area contributed by atoms with Crippen LogP contribution in [0.2, 0.25) is 5.02 Å². The fourth-order valence-corrected chi connectivity index (χ4v) is 2.71. The summed E-state index contributed by atoms with van der Waals surface area (Å²) in [5.74, 6) is -0.908. The fraction of sp³-hybridized carbons (Fsp3) is 0.0417. The van der Waals surface area contributed by atoms with Gasteiger partial charge in [-0.15, -0.1) is 0 Å². The Labute approximate surface area is 188 Å². The van der Waals surface area contributed by atoms with Crippen molar-refractivity contribution in [3.05, 3.63) is 94.8 Å². The Morgan fingerprint density at radius 2 is 1.53 bits per heavy atom. The number of amides is 2. The molecular formula is C24H17ClFN3O3. The SMILES string of the molecule is N#C/C(=C\c1ccc(OCC(=O)Nc2ccc(F)cc2)cc1)C(=O)Nc1ccc(Cl)cc1. The predicted octanol–water partition coefficient (Wildman–Crippen LogP) is 5.04. The van der Waals surface area contributed by atoms with E-state index in [1.54, 1.807) is 48.5 Å². The van der Waals surface area contributed by atoms with Crippen LogP contribution in [-0.4, -0.2) is 18.4 Å². The second kappa shape index (κ2) is 10.8. The van der Waals surface area contributed by atoms with Crippen molar-refractivity contribution < 1.29 is 18.7 Å². The zero-order chi connectivity index (χ0) is 22.9. The molecule has 2 N–H and O–H groups in total. The molecule has 0 fully saturated rings. The summed E-state index contributed by atoms with van der Waals surface area (Å²) in [6.45, 7) is -0.237. The molecule has 3 rings (SSSR count). The second-order valence-electron chi connectivity index (χ2n) is 6.54. The third-order valence-electron chi connectivity index (χ3n) is 4.16. The van der Waals surface area contributed by atoms with Gasteiger partial charge < -0.3 is 15.4 Å². The van der Waals surface area contributed by atoms with Gasteiger partial charge in [-0.3, -0.25) is 9.59 Å². The maximum absolute atomic E-state index is 12.9. The lowest BCUT2D eigenvalue weighted by molar-refractivity contribution is -0.118. The summed E-state index contributed by atoms with van der Waals surface area (Å²) < 4.78 is 18.3. The van der Waals surface area contributed by atoms with Crippen LogP contribution in [0.3, 0.4) is 0 Å². The van der Waals surface area contributed by atoms with Crippen LogP contribution in [0.15, 0.2) is 78.4 Å². The first-order valence-electron chi connectivity index (χ1n) is 9.40. The van der Waals surface area contributed by atoms with E-state index in [0.29, 0.717) is 27.7 Å². The number of anilines is 2. The highest BCUT2D eigenvalue weighted by Gasteiger charge is 2.10. The summed E-state index contributed by atoms with van der Waals surface area (Å²) in [6.07, 6.45) is 1.44. The van der Waals surface area contributed by atoms with E-state index >= 15 is 0 Å². The van der Waals surface area contributed by atoms with Crippen LogP contribution in [0.1, 0.15) is 5.56 Å². The molecule has 8 heteroatoms. The van der Waals surface area contributed by atoms with E-state index in [1.807, 2.05) is 6.07 Å². The molecule has 0 bridgehead atoms. The molecule has 0 aliphatic heterocycles. The van der Waals surface area contributed by atoms with Crippen LogP contribution < -0.4 is 15.4 Å². The lowest BCUT2D eigenvalue weighted by atomic mass is 10.1. The molecule has 0 saturated carbocycles. The standard InChI is InChI=1S/C24H17ClFN3O3/c25-18-3-7-21(8-4-18)29-24(31)17(14-27)13-16-1-11-22(12-2-16)32-15-23(30)28-20-9-5-19(26)6-10-20/h1-13H,15H2,(H,28,30)(H,29,31)/b17-13+. The second-order valence-corrected chi connectivity index (χ2v) is 6.98. The Kier molecular flexibility index (Phi) is 7.57. The van der Waals surface area contributed by atoms with E-state index in [0.717, 1.165) is 0 Å². The number of nitriles is 1. The van der Waals surface area contributed by atoms with Crippen LogP contribution >= 0.6 is 11.6 Å². The zero-order valence-electron chi connectivity index (χ0n) is 16.6. The minimum Gasteiger partial charge on any atom is -0.484 e. The molecular weight excluding hydrogens is 433 g/mol. The van der Waals surface area contributed by atoms with Gasteiger partial charge in [0, 0.05) is 16.4 Å². The first kappa shape index (κ1) is 22.5. The monoisotopic (exact) mass is 449 g/mol. The number of hydrogen-bond donors (Lipinski definition) is 2. The summed E-state index contributed by atoms with van der Waals surface area (Å²) in [6, 6.07) is 20.3. The number of nitrogens with one attached hydrogen (secondary N) is 2. The fourth-order valence-electron chi connectivity index (χ4n) is 2.59. The topological polar surface area (TPSA) is 91.2 Å². The van der Waals surface area contributed by atoms with Gasteiger partial charge in [0.25, 0.3) is 11.8 Å². The predicted molar refractivity (Wildman–Crippen MR) is 121 cm³/mol. The van der Waals surface area contributed by atoms with E-state index in [-0.39, 0.29) is 12.2 Å². The number of halogens is 2. The molecule has 0 saturated heterocycles. The summed E-state index contributed by atoms with van der Waals surface area (Å²) in [5.41, 5.74) is 1.51. The number of benzene rings is 3. The molecule has 0 heterocycles. The van der Waals surface area contributed by atoms with Gasteiger partial charge in [-0.2, -0.15) is 5.26 Å². The summed E-state index contributed by atoms with van der Waals surface area (Å²) >= 11 is 5.82. The average molecular weight is 450 g/mol. The van der Waals surface area contributed by atoms with Crippen molar-refractivity contribution in [2.75, 3.05) is 17.2 Å². The van der Waals surface area contributed by atoms with Crippen molar-refractivity contribution >= 4 is 40.9 Å². The minimum atomic E-state index is -0.549. The lowest BCUT2D eigenvalue weighted by Crippen LogP contribution is -2.20. The van der Waals surface area contributed by atoms with Crippen molar-refractivity contribution in [1.82, 2.24) is 0 Å². The van der Waals surface area contributed by atoms with E-state index < -0.39 is 17.6 Å². The van der Waals surface area contributed by atoms with E-state index in [2.05, 4.69) is 10.6 Å². The van der Waals surface area contributed by atoms with Crippen molar-refractivity contribution in [3.63, 3.8) is 0 Å². The maximum atomic E-state index is 12.9. The van der Waals surface area contributed by atoms with Crippen molar-refractivity contribution in [2.24, 2.45) is 0 Å². The smallest absolute Gasteiger partial charge is 0.266 e. The Morgan fingerprint density at radius 3 is 2.16 bits per heavy atom. The average Bonchev–Trinajstić information content (AvgIpc) is 2.80. The Bertz CT molecular complexity index is 1170. The normalized spacial score (nSPS) is 10.7. The van der Waals surface area contributed by atoms with Gasteiger partial charge in [0.05, 0.1) is 0 Å². The molecule has 32 heavy (non-hydrogen) atoms. The molecule has 0 spiro atoms. The largest absolute Gasteiger partial charge is 0.484 e. The number of nitrogens with zero attached hydrogens (tertiary/aromatic N) is 1. The first-order valence-corrected chi connectivity index (χ1v) is 9.78. The quantitative estimate of drug-likeness (QED) is 0.390. The molecule has 0 aliphatic carbocycles. The summed E-state index contributed by atoms with van der Waals surface area (Å²) in [5, 5.41) is 15.1. The molecule has 3 aromatic rings. The highest BCUT2D eigenvalue weighted by molar-refractivity contribution is 6.30. The molecule has 0 unspecified atom stereocenters. The Balaban J connectivity index is 1.56. The minimum absolute atomic E-state index is 0.0766. The van der Waals surface area contributed by atoms with Gasteiger partial charge in [-0.05, 0) is 72.3 Å². The Morgan fingerprint density at radius 1 is 0.938 bits per heavy atom. The summed E-state index contributed by atoms with van der Waals surface area (Å²) in [4.78, 5) is 24.3. The molecule has 0 radical (unpaired) electrons. The Hall–Kier alpha value is -4.15. The van der Waals surface area contributed by atoms with E-state index in [4.69, 9.17) is 16.3 Å². The highest BCUT2D eigenvalue weighted by Crippen LogP contribution is 2.17. The maximum Gasteiger partial charge on any atom is 0.266 e. The van der Waals surface area contributed by atoms with Crippen molar-refractivity contribution in [1.29, 1.82) is 5.26 Å². The highest BCUT2D eigenvalue weighted by atomic mass is 35.5. The van der Waals surface area contributed by atoms with Crippen LogP contribution in [0, 0.1) is 17.1 Å². The first-order chi connectivity index (χ1) is 15.4. The molecule has 0 atom stereocenters. The molecule has 6 nitrogen and oxygen atoms in total. The number of ether oxygens (including phenoxy) is 1. The van der Waals surface area contributed by atoms with Crippen LogP contribution in [0.25, 0.3) is 6.08 Å². The van der Waals surface area contributed by atoms with Gasteiger partial charge in [0.2, 0.25) is 0 Å². The van der Waals surface area contributed by atoms with Crippen LogP contribution in [0.5, 0.6) is 5.75 Å².